The molecule has 2 heterocycles. The molecule has 94 valence electrons. The van der Waals surface area contributed by atoms with Gasteiger partial charge in [-0.05, 0) is 30.2 Å². The van der Waals surface area contributed by atoms with Gasteiger partial charge in [-0.15, -0.1) is 11.8 Å². The summed E-state index contributed by atoms with van der Waals surface area (Å²) in [6.45, 7) is 3.12. The fraction of sp³-hybridized carbons (Fsp3) is 0.286. The molecule has 0 atom stereocenters. The van der Waals surface area contributed by atoms with Crippen molar-refractivity contribution in [1.82, 2.24) is 9.97 Å². The Hall–Kier alpha value is -1.55. The zero-order chi connectivity index (χ0) is 12.6. The van der Waals surface area contributed by atoms with E-state index in [2.05, 4.69) is 28.3 Å². The van der Waals surface area contributed by atoms with E-state index in [4.69, 9.17) is 0 Å². The van der Waals surface area contributed by atoms with Crippen molar-refractivity contribution in [2.75, 3.05) is 11.9 Å². The van der Waals surface area contributed by atoms with Gasteiger partial charge in [0.2, 0.25) is 0 Å². The highest BCUT2D eigenvalue weighted by Gasteiger charge is 1.97. The van der Waals surface area contributed by atoms with E-state index in [1.165, 1.54) is 10.5 Å². The molecule has 0 saturated carbocycles. The van der Waals surface area contributed by atoms with Gasteiger partial charge in [0, 0.05) is 35.8 Å². The number of hydrogen-bond donors (Lipinski definition) is 1. The molecule has 18 heavy (non-hydrogen) atoms. The van der Waals surface area contributed by atoms with Gasteiger partial charge in [0.1, 0.15) is 5.82 Å². The molecule has 0 unspecified atom stereocenters. The second-order valence-electron chi connectivity index (χ2n) is 3.95. The predicted octanol–water partition coefficient (Wildman–Crippen LogP) is 3.59. The standard InChI is InChI=1S/C14H17N3S/c1-2-7-16-14-4-3-12(10-17-14)11-18-13-5-8-15-9-6-13/h3-6,8-10H,2,7,11H2,1H3,(H,16,17). The van der Waals surface area contributed by atoms with Crippen LogP contribution in [0, 0.1) is 0 Å². The lowest BCUT2D eigenvalue weighted by Gasteiger charge is -2.05. The largest absolute Gasteiger partial charge is 0.370 e. The summed E-state index contributed by atoms with van der Waals surface area (Å²) >= 11 is 1.80. The predicted molar refractivity (Wildman–Crippen MR) is 76.8 cm³/mol. The summed E-state index contributed by atoms with van der Waals surface area (Å²) in [6, 6.07) is 8.21. The van der Waals surface area contributed by atoms with E-state index in [0.29, 0.717) is 0 Å². The van der Waals surface area contributed by atoms with Gasteiger partial charge in [-0.3, -0.25) is 4.98 Å². The first-order valence-electron chi connectivity index (χ1n) is 6.10. The molecule has 0 spiro atoms. The molecule has 4 heteroatoms. The summed E-state index contributed by atoms with van der Waals surface area (Å²) in [7, 11) is 0. The molecule has 0 amide bonds. The highest BCUT2D eigenvalue weighted by molar-refractivity contribution is 7.98. The quantitative estimate of drug-likeness (QED) is 0.804. The van der Waals surface area contributed by atoms with E-state index < -0.39 is 0 Å². The smallest absolute Gasteiger partial charge is 0.125 e. The SMILES string of the molecule is CCCNc1ccc(CSc2ccncc2)cn1. The zero-order valence-corrected chi connectivity index (χ0v) is 11.3. The van der Waals surface area contributed by atoms with E-state index in [-0.39, 0.29) is 0 Å². The van der Waals surface area contributed by atoms with Crippen LogP contribution in [0.5, 0.6) is 0 Å². The molecule has 0 aliphatic rings. The first-order valence-corrected chi connectivity index (χ1v) is 7.08. The molecule has 3 nitrogen and oxygen atoms in total. The number of anilines is 1. The van der Waals surface area contributed by atoms with Crippen LogP contribution in [0.3, 0.4) is 0 Å². The number of rotatable bonds is 6. The summed E-state index contributed by atoms with van der Waals surface area (Å²) in [4.78, 5) is 9.63. The molecule has 0 saturated heterocycles. The Labute approximate surface area is 112 Å². The number of hydrogen-bond acceptors (Lipinski definition) is 4. The van der Waals surface area contributed by atoms with Crippen LogP contribution >= 0.6 is 11.8 Å². The fourth-order valence-corrected chi connectivity index (χ4v) is 2.29. The maximum atomic E-state index is 4.39. The fourth-order valence-electron chi connectivity index (χ4n) is 1.47. The first kappa shape index (κ1) is 12.9. The normalized spacial score (nSPS) is 10.3. The Morgan fingerprint density at radius 1 is 1.17 bits per heavy atom. The number of pyridine rings is 2. The molecular weight excluding hydrogens is 242 g/mol. The van der Waals surface area contributed by atoms with Crippen molar-refractivity contribution in [2.24, 2.45) is 0 Å². The topological polar surface area (TPSA) is 37.8 Å². The minimum absolute atomic E-state index is 0.936. The van der Waals surface area contributed by atoms with E-state index >= 15 is 0 Å². The van der Waals surface area contributed by atoms with Crippen LogP contribution in [-0.2, 0) is 5.75 Å². The lowest BCUT2D eigenvalue weighted by molar-refractivity contribution is 0.968. The Kier molecular flexibility index (Phi) is 5.02. The molecule has 1 N–H and O–H groups in total. The third-order valence-corrected chi connectivity index (χ3v) is 3.52. The highest BCUT2D eigenvalue weighted by Crippen LogP contribution is 2.21. The van der Waals surface area contributed by atoms with Gasteiger partial charge in [-0.2, -0.15) is 0 Å². The van der Waals surface area contributed by atoms with Crippen molar-refractivity contribution < 1.29 is 0 Å². The van der Waals surface area contributed by atoms with Crippen molar-refractivity contribution in [2.45, 2.75) is 24.0 Å². The summed E-state index contributed by atoms with van der Waals surface area (Å²) in [6.07, 6.45) is 6.68. The number of nitrogens with zero attached hydrogens (tertiary/aromatic N) is 2. The minimum atomic E-state index is 0.936. The van der Waals surface area contributed by atoms with Crippen LogP contribution in [-0.4, -0.2) is 16.5 Å². The Morgan fingerprint density at radius 3 is 2.67 bits per heavy atom. The Balaban J connectivity index is 1.86. The third kappa shape index (κ3) is 4.04. The average molecular weight is 259 g/mol. The van der Waals surface area contributed by atoms with E-state index in [9.17, 15) is 0 Å². The van der Waals surface area contributed by atoms with E-state index in [1.54, 1.807) is 11.8 Å². The van der Waals surface area contributed by atoms with Gasteiger partial charge in [-0.1, -0.05) is 13.0 Å². The number of aromatic nitrogens is 2. The number of nitrogens with one attached hydrogen (secondary N) is 1. The Morgan fingerprint density at radius 2 is 2.00 bits per heavy atom. The Bertz CT molecular complexity index is 456. The molecule has 2 aromatic rings. The van der Waals surface area contributed by atoms with Gasteiger partial charge >= 0.3 is 0 Å². The van der Waals surface area contributed by atoms with E-state index in [0.717, 1.165) is 24.5 Å². The van der Waals surface area contributed by atoms with Crippen LogP contribution in [0.4, 0.5) is 5.82 Å². The van der Waals surface area contributed by atoms with Gasteiger partial charge in [-0.25, -0.2) is 4.98 Å². The van der Waals surface area contributed by atoms with Crippen LogP contribution in [0.15, 0.2) is 47.8 Å². The summed E-state index contributed by atoms with van der Waals surface area (Å²) < 4.78 is 0. The molecule has 2 aromatic heterocycles. The lowest BCUT2D eigenvalue weighted by Crippen LogP contribution is -2.01. The van der Waals surface area contributed by atoms with Crippen molar-refractivity contribution in [1.29, 1.82) is 0 Å². The maximum absolute atomic E-state index is 4.39. The monoisotopic (exact) mass is 259 g/mol. The van der Waals surface area contributed by atoms with Crippen molar-refractivity contribution in [3.05, 3.63) is 48.4 Å². The van der Waals surface area contributed by atoms with Gasteiger partial charge in [0.15, 0.2) is 0 Å². The second-order valence-corrected chi connectivity index (χ2v) is 5.00. The third-order valence-electron chi connectivity index (χ3n) is 2.44. The average Bonchev–Trinajstić information content (AvgIpc) is 2.45. The summed E-state index contributed by atoms with van der Waals surface area (Å²) in [5.74, 6) is 1.89. The zero-order valence-electron chi connectivity index (χ0n) is 10.5. The second kappa shape index (κ2) is 7.01. The van der Waals surface area contributed by atoms with Crippen LogP contribution in [0.1, 0.15) is 18.9 Å². The van der Waals surface area contributed by atoms with Crippen LogP contribution in [0.25, 0.3) is 0 Å². The molecule has 0 aliphatic heterocycles. The van der Waals surface area contributed by atoms with Gasteiger partial charge in [0.05, 0.1) is 0 Å². The van der Waals surface area contributed by atoms with Crippen molar-refractivity contribution in [3.63, 3.8) is 0 Å². The highest BCUT2D eigenvalue weighted by atomic mass is 32.2. The number of thioether (sulfide) groups is 1. The van der Waals surface area contributed by atoms with Gasteiger partial charge < -0.3 is 5.32 Å². The maximum Gasteiger partial charge on any atom is 0.125 e. The van der Waals surface area contributed by atoms with Gasteiger partial charge in [0.25, 0.3) is 0 Å². The molecule has 0 aliphatic carbocycles. The van der Waals surface area contributed by atoms with E-state index in [1.807, 2.05) is 36.8 Å². The molecule has 0 fully saturated rings. The summed E-state index contributed by atoms with van der Waals surface area (Å²) in [5.41, 5.74) is 1.24. The van der Waals surface area contributed by atoms with Crippen molar-refractivity contribution in [3.8, 4) is 0 Å². The summed E-state index contributed by atoms with van der Waals surface area (Å²) in [5, 5.41) is 3.27. The van der Waals surface area contributed by atoms with Crippen LogP contribution < -0.4 is 5.32 Å². The molecular formula is C14H17N3S. The molecule has 0 aromatic carbocycles. The van der Waals surface area contributed by atoms with Crippen molar-refractivity contribution >= 4 is 17.6 Å². The minimum Gasteiger partial charge on any atom is -0.370 e. The first-order chi connectivity index (χ1) is 8.88. The van der Waals surface area contributed by atoms with Crippen LogP contribution in [0.2, 0.25) is 0 Å². The molecule has 2 rings (SSSR count). The molecule has 0 radical (unpaired) electrons. The molecule has 0 bridgehead atoms. The lowest BCUT2D eigenvalue weighted by atomic mass is 10.3.